The van der Waals surface area contributed by atoms with Crippen LogP contribution in [0.25, 0.3) is 0 Å². The molecule has 2 aromatic rings. The molecule has 0 fully saturated rings. The first kappa shape index (κ1) is 17.0. The van der Waals surface area contributed by atoms with E-state index in [1.807, 2.05) is 50.2 Å². The van der Waals surface area contributed by atoms with Gasteiger partial charge < -0.3 is 9.84 Å². The number of phenols is 1. The molecule has 2 nitrogen and oxygen atoms in total. The SMILES string of the molecule is CC.CF.Oc1ccccc1OCc1ccccc1. The van der Waals surface area contributed by atoms with Gasteiger partial charge in [0.25, 0.3) is 0 Å². The van der Waals surface area contributed by atoms with Gasteiger partial charge in [-0.1, -0.05) is 56.3 Å². The van der Waals surface area contributed by atoms with Crippen molar-refractivity contribution in [2.75, 3.05) is 7.18 Å². The molecule has 19 heavy (non-hydrogen) atoms. The van der Waals surface area contributed by atoms with Gasteiger partial charge in [0.05, 0.1) is 7.18 Å². The minimum atomic E-state index is 0.174. The Balaban J connectivity index is 0.000000741. The van der Waals surface area contributed by atoms with Gasteiger partial charge in [0.1, 0.15) is 6.61 Å². The van der Waals surface area contributed by atoms with E-state index in [1.54, 1.807) is 18.2 Å². The molecule has 3 heteroatoms. The number of benzene rings is 2. The van der Waals surface area contributed by atoms with Crippen molar-refractivity contribution >= 4 is 0 Å². The standard InChI is InChI=1S/C13H12O2.C2H6.CH3F/c14-12-8-4-5-9-13(12)15-10-11-6-2-1-3-7-11;2*1-2/h1-9,14H,10H2;1-2H3;1H3. The van der Waals surface area contributed by atoms with Gasteiger partial charge in [-0.25, -0.2) is 0 Å². The van der Waals surface area contributed by atoms with E-state index in [2.05, 4.69) is 0 Å². The molecule has 0 atom stereocenters. The summed E-state index contributed by atoms with van der Waals surface area (Å²) in [6.07, 6.45) is 0. The number of halogens is 1. The van der Waals surface area contributed by atoms with Crippen LogP contribution in [0.5, 0.6) is 11.5 Å². The highest BCUT2D eigenvalue weighted by Gasteiger charge is 1.99. The van der Waals surface area contributed by atoms with Crippen molar-refractivity contribution in [2.24, 2.45) is 0 Å². The zero-order valence-corrected chi connectivity index (χ0v) is 11.6. The van der Waals surface area contributed by atoms with Crippen molar-refractivity contribution in [3.8, 4) is 11.5 Å². The fraction of sp³-hybridized carbons (Fsp3) is 0.250. The van der Waals surface area contributed by atoms with Crippen LogP contribution in [0.2, 0.25) is 0 Å². The fourth-order valence-electron chi connectivity index (χ4n) is 1.31. The third-order valence-corrected chi connectivity index (χ3v) is 2.10. The number of ether oxygens (including phenoxy) is 1. The molecule has 104 valence electrons. The Morgan fingerprint density at radius 2 is 1.42 bits per heavy atom. The first-order valence-electron chi connectivity index (χ1n) is 6.19. The van der Waals surface area contributed by atoms with Crippen LogP contribution in [-0.4, -0.2) is 12.3 Å². The normalized spacial score (nSPS) is 8.42. The molecule has 0 amide bonds. The van der Waals surface area contributed by atoms with Crippen molar-refractivity contribution in [3.63, 3.8) is 0 Å². The van der Waals surface area contributed by atoms with E-state index >= 15 is 0 Å². The van der Waals surface area contributed by atoms with Crippen LogP contribution in [0.3, 0.4) is 0 Å². The average molecular weight is 264 g/mol. The summed E-state index contributed by atoms with van der Waals surface area (Å²) in [5, 5.41) is 9.46. The van der Waals surface area contributed by atoms with E-state index in [1.165, 1.54) is 0 Å². The van der Waals surface area contributed by atoms with Crippen molar-refractivity contribution in [1.29, 1.82) is 0 Å². The third-order valence-electron chi connectivity index (χ3n) is 2.10. The largest absolute Gasteiger partial charge is 0.504 e. The predicted octanol–water partition coefficient (Wildman–Crippen LogP) is 4.58. The van der Waals surface area contributed by atoms with Crippen LogP contribution >= 0.6 is 0 Å². The quantitative estimate of drug-likeness (QED) is 0.879. The summed E-state index contributed by atoms with van der Waals surface area (Å²) in [6, 6.07) is 16.8. The number of phenolic OH excluding ortho intramolecular Hbond substituents is 1. The number of hydrogen-bond donors (Lipinski definition) is 1. The third kappa shape index (κ3) is 6.46. The Kier molecular flexibility index (Phi) is 9.90. The lowest BCUT2D eigenvalue weighted by atomic mass is 10.2. The summed E-state index contributed by atoms with van der Waals surface area (Å²) in [6.45, 7) is 4.47. The van der Waals surface area contributed by atoms with Crippen LogP contribution in [0.15, 0.2) is 54.6 Å². The van der Waals surface area contributed by atoms with Crippen LogP contribution in [0.1, 0.15) is 19.4 Å². The molecular weight excluding hydrogens is 243 g/mol. The van der Waals surface area contributed by atoms with E-state index in [4.69, 9.17) is 4.74 Å². The Morgan fingerprint density at radius 3 is 2.00 bits per heavy atom. The maximum absolute atomic E-state index is 9.50. The molecule has 0 aliphatic heterocycles. The van der Waals surface area contributed by atoms with Crippen molar-refractivity contribution in [2.45, 2.75) is 20.5 Å². The fourth-order valence-corrected chi connectivity index (χ4v) is 1.31. The van der Waals surface area contributed by atoms with Gasteiger partial charge in [0.15, 0.2) is 11.5 Å². The molecule has 2 aromatic carbocycles. The van der Waals surface area contributed by atoms with Crippen LogP contribution in [0.4, 0.5) is 4.39 Å². The number of hydrogen-bond acceptors (Lipinski definition) is 2. The number of alkyl halides is 1. The Bertz CT molecular complexity index is 430. The predicted molar refractivity (Wildman–Crippen MR) is 77.3 cm³/mol. The lowest BCUT2D eigenvalue weighted by Gasteiger charge is -2.07. The second-order valence-corrected chi connectivity index (χ2v) is 3.24. The van der Waals surface area contributed by atoms with Gasteiger partial charge in [-0.15, -0.1) is 0 Å². The molecule has 0 saturated heterocycles. The summed E-state index contributed by atoms with van der Waals surface area (Å²) in [5.41, 5.74) is 1.08. The molecule has 0 saturated carbocycles. The monoisotopic (exact) mass is 264 g/mol. The Hall–Kier alpha value is -2.03. The van der Waals surface area contributed by atoms with E-state index in [0.29, 0.717) is 19.5 Å². The first-order chi connectivity index (χ1) is 9.36. The second kappa shape index (κ2) is 11.1. The summed E-state index contributed by atoms with van der Waals surface area (Å²) in [4.78, 5) is 0. The zero-order valence-electron chi connectivity index (χ0n) is 11.6. The Labute approximate surface area is 114 Å². The second-order valence-electron chi connectivity index (χ2n) is 3.24. The summed E-state index contributed by atoms with van der Waals surface area (Å²) in [7, 11) is 0.500. The van der Waals surface area contributed by atoms with E-state index in [9.17, 15) is 9.50 Å². The molecule has 0 unspecified atom stereocenters. The van der Waals surface area contributed by atoms with Crippen molar-refractivity contribution in [1.82, 2.24) is 0 Å². The average Bonchev–Trinajstić information content (AvgIpc) is 2.52. The van der Waals surface area contributed by atoms with Crippen molar-refractivity contribution in [3.05, 3.63) is 60.2 Å². The highest BCUT2D eigenvalue weighted by molar-refractivity contribution is 5.38. The molecule has 0 bridgehead atoms. The maximum atomic E-state index is 9.50. The molecule has 2 rings (SSSR count). The van der Waals surface area contributed by atoms with Gasteiger partial charge in [0.2, 0.25) is 0 Å². The highest BCUT2D eigenvalue weighted by Crippen LogP contribution is 2.25. The molecule has 0 radical (unpaired) electrons. The number of rotatable bonds is 3. The summed E-state index contributed by atoms with van der Waals surface area (Å²) < 4.78 is 15.0. The summed E-state index contributed by atoms with van der Waals surface area (Å²) in [5.74, 6) is 0.690. The van der Waals surface area contributed by atoms with Gasteiger partial charge >= 0.3 is 0 Å². The molecule has 0 heterocycles. The smallest absolute Gasteiger partial charge is 0.161 e. The van der Waals surface area contributed by atoms with Gasteiger partial charge in [-0.05, 0) is 17.7 Å². The van der Waals surface area contributed by atoms with Gasteiger partial charge in [-0.2, -0.15) is 0 Å². The van der Waals surface area contributed by atoms with Crippen LogP contribution in [-0.2, 0) is 6.61 Å². The lowest BCUT2D eigenvalue weighted by molar-refractivity contribution is 0.289. The highest BCUT2D eigenvalue weighted by atomic mass is 19.1. The zero-order chi connectivity index (χ0) is 14.5. The number of para-hydroxylation sites is 2. The molecule has 1 N–H and O–H groups in total. The number of aromatic hydroxyl groups is 1. The molecule has 0 aromatic heterocycles. The Morgan fingerprint density at radius 1 is 0.895 bits per heavy atom. The minimum absolute atomic E-state index is 0.174. The van der Waals surface area contributed by atoms with Crippen molar-refractivity contribution < 1.29 is 14.2 Å². The van der Waals surface area contributed by atoms with Gasteiger partial charge in [0, 0.05) is 0 Å². The maximum Gasteiger partial charge on any atom is 0.161 e. The summed E-state index contributed by atoms with van der Waals surface area (Å²) >= 11 is 0. The van der Waals surface area contributed by atoms with Gasteiger partial charge in [-0.3, -0.25) is 4.39 Å². The molecule has 0 spiro atoms. The topological polar surface area (TPSA) is 29.5 Å². The van der Waals surface area contributed by atoms with E-state index in [0.717, 1.165) is 5.56 Å². The minimum Gasteiger partial charge on any atom is -0.504 e. The molecule has 0 aliphatic carbocycles. The molecule has 0 aliphatic rings. The van der Waals surface area contributed by atoms with Crippen LogP contribution in [0, 0.1) is 0 Å². The van der Waals surface area contributed by atoms with E-state index < -0.39 is 0 Å². The first-order valence-corrected chi connectivity index (χ1v) is 6.19. The van der Waals surface area contributed by atoms with Crippen LogP contribution < -0.4 is 4.74 Å². The lowest BCUT2D eigenvalue weighted by Crippen LogP contribution is -1.94. The molecular formula is C16H21FO2. The van der Waals surface area contributed by atoms with E-state index in [-0.39, 0.29) is 5.75 Å².